The monoisotopic (exact) mass is 168 g/mol. The zero-order chi connectivity index (χ0) is 9.40. The van der Waals surface area contributed by atoms with Crippen molar-refractivity contribution in [3.63, 3.8) is 0 Å². The van der Waals surface area contributed by atoms with E-state index in [-0.39, 0.29) is 0 Å². The summed E-state index contributed by atoms with van der Waals surface area (Å²) in [5.74, 6) is 1.17. The molecule has 0 N–H and O–H groups in total. The molecule has 0 fully saturated rings. The first-order chi connectivity index (χ1) is 5.84. The smallest absolute Gasteiger partial charge is 0.0991 e. The molecule has 0 unspecified atom stereocenters. The topological polar surface area (TPSA) is 9.23 Å². The summed E-state index contributed by atoms with van der Waals surface area (Å²) in [6.07, 6.45) is 6.54. The van der Waals surface area contributed by atoms with Gasteiger partial charge in [-0.15, -0.1) is 0 Å². The molecule has 0 aromatic rings. The first-order valence-electron chi connectivity index (χ1n) is 4.83. The zero-order valence-electron chi connectivity index (χ0n) is 8.68. The van der Waals surface area contributed by atoms with Gasteiger partial charge in [-0.1, -0.05) is 26.0 Å². The van der Waals surface area contributed by atoms with Gasteiger partial charge in [-0.25, -0.2) is 0 Å². The number of hydrogen-bond acceptors (Lipinski definition) is 1. The van der Waals surface area contributed by atoms with Crippen molar-refractivity contribution in [2.45, 2.75) is 40.5 Å². The van der Waals surface area contributed by atoms with E-state index in [0.29, 0.717) is 0 Å². The van der Waals surface area contributed by atoms with E-state index >= 15 is 0 Å². The summed E-state index contributed by atoms with van der Waals surface area (Å²) in [7, 11) is 0. The van der Waals surface area contributed by atoms with E-state index in [2.05, 4.69) is 19.1 Å². The maximum Gasteiger partial charge on any atom is 0.0991 e. The SMILES string of the molecule is CC.CCOC1=C(C)C=CCC1. The molecule has 0 saturated heterocycles. The van der Waals surface area contributed by atoms with Gasteiger partial charge in [0.1, 0.15) is 0 Å². The van der Waals surface area contributed by atoms with Gasteiger partial charge in [0, 0.05) is 6.42 Å². The Morgan fingerprint density at radius 3 is 2.58 bits per heavy atom. The molecule has 0 atom stereocenters. The van der Waals surface area contributed by atoms with Gasteiger partial charge in [-0.05, 0) is 25.8 Å². The summed E-state index contributed by atoms with van der Waals surface area (Å²) >= 11 is 0. The Bertz CT molecular complexity index is 166. The predicted molar refractivity (Wildman–Crippen MR) is 54.0 cm³/mol. The Balaban J connectivity index is 0.000000561. The molecule has 0 aromatic heterocycles. The van der Waals surface area contributed by atoms with Crippen molar-refractivity contribution in [3.8, 4) is 0 Å². The van der Waals surface area contributed by atoms with Crippen LogP contribution in [0.3, 0.4) is 0 Å². The molecule has 70 valence electrons. The molecule has 0 heterocycles. The second kappa shape index (κ2) is 6.96. The molecule has 12 heavy (non-hydrogen) atoms. The molecule has 0 aromatic carbocycles. The Labute approximate surface area is 76.1 Å². The van der Waals surface area contributed by atoms with Crippen LogP contribution in [-0.2, 0) is 4.74 Å². The van der Waals surface area contributed by atoms with Gasteiger partial charge in [0.2, 0.25) is 0 Å². The molecule has 0 saturated carbocycles. The fraction of sp³-hybridized carbons (Fsp3) is 0.636. The van der Waals surface area contributed by atoms with E-state index in [9.17, 15) is 0 Å². The number of rotatable bonds is 2. The van der Waals surface area contributed by atoms with Crippen molar-refractivity contribution in [2.24, 2.45) is 0 Å². The van der Waals surface area contributed by atoms with Crippen LogP contribution < -0.4 is 0 Å². The van der Waals surface area contributed by atoms with Crippen molar-refractivity contribution >= 4 is 0 Å². The minimum absolute atomic E-state index is 0.792. The maximum atomic E-state index is 5.42. The summed E-state index contributed by atoms with van der Waals surface area (Å²) in [6.45, 7) is 8.92. The molecule has 0 spiro atoms. The van der Waals surface area contributed by atoms with Gasteiger partial charge in [-0.2, -0.15) is 0 Å². The lowest BCUT2D eigenvalue weighted by atomic mass is 10.1. The third kappa shape index (κ3) is 3.61. The molecular weight excluding hydrogens is 148 g/mol. The van der Waals surface area contributed by atoms with Gasteiger partial charge >= 0.3 is 0 Å². The van der Waals surface area contributed by atoms with E-state index < -0.39 is 0 Å². The molecule has 1 nitrogen and oxygen atoms in total. The fourth-order valence-corrected chi connectivity index (χ4v) is 1.12. The Morgan fingerprint density at radius 2 is 2.08 bits per heavy atom. The summed E-state index contributed by atoms with van der Waals surface area (Å²) in [4.78, 5) is 0. The minimum atomic E-state index is 0.792. The van der Waals surface area contributed by atoms with Crippen molar-refractivity contribution < 1.29 is 4.74 Å². The van der Waals surface area contributed by atoms with Gasteiger partial charge in [0.15, 0.2) is 0 Å². The summed E-state index contributed by atoms with van der Waals surface area (Å²) < 4.78 is 5.42. The lowest BCUT2D eigenvalue weighted by Gasteiger charge is -2.12. The molecule has 0 aliphatic heterocycles. The lowest BCUT2D eigenvalue weighted by Crippen LogP contribution is -1.97. The van der Waals surface area contributed by atoms with E-state index in [1.807, 2.05) is 20.8 Å². The van der Waals surface area contributed by atoms with E-state index in [0.717, 1.165) is 19.4 Å². The zero-order valence-corrected chi connectivity index (χ0v) is 8.68. The van der Waals surface area contributed by atoms with Crippen LogP contribution in [0, 0.1) is 0 Å². The van der Waals surface area contributed by atoms with Crippen LogP contribution >= 0.6 is 0 Å². The first-order valence-corrected chi connectivity index (χ1v) is 4.83. The van der Waals surface area contributed by atoms with Crippen LogP contribution in [0.2, 0.25) is 0 Å². The van der Waals surface area contributed by atoms with Gasteiger partial charge < -0.3 is 4.74 Å². The Morgan fingerprint density at radius 1 is 1.42 bits per heavy atom. The summed E-state index contributed by atoms with van der Waals surface area (Å²) in [5.41, 5.74) is 1.29. The molecule has 0 amide bonds. The molecule has 1 rings (SSSR count). The fourth-order valence-electron chi connectivity index (χ4n) is 1.12. The van der Waals surface area contributed by atoms with Crippen molar-refractivity contribution in [3.05, 3.63) is 23.5 Å². The van der Waals surface area contributed by atoms with Crippen LogP contribution in [0.25, 0.3) is 0 Å². The average Bonchev–Trinajstić information content (AvgIpc) is 2.13. The van der Waals surface area contributed by atoms with Gasteiger partial charge in [0.05, 0.1) is 12.4 Å². The highest BCUT2D eigenvalue weighted by atomic mass is 16.5. The van der Waals surface area contributed by atoms with E-state index in [1.165, 1.54) is 11.3 Å². The Kier molecular flexibility index (Phi) is 6.54. The van der Waals surface area contributed by atoms with E-state index in [1.54, 1.807) is 0 Å². The van der Waals surface area contributed by atoms with Crippen LogP contribution in [-0.4, -0.2) is 6.61 Å². The number of allylic oxidation sites excluding steroid dienone is 4. The summed E-state index contributed by atoms with van der Waals surface area (Å²) in [6, 6.07) is 0. The standard InChI is InChI=1S/C9H14O.C2H6/c1-3-10-9-7-5-4-6-8(9)2;1-2/h4,6H,3,5,7H2,1-2H3;1-2H3. The second-order valence-corrected chi connectivity index (χ2v) is 2.48. The number of ether oxygens (including phenoxy) is 1. The average molecular weight is 168 g/mol. The predicted octanol–water partition coefficient (Wildman–Crippen LogP) is 3.67. The van der Waals surface area contributed by atoms with Crippen molar-refractivity contribution in [1.82, 2.24) is 0 Å². The minimum Gasteiger partial charge on any atom is -0.498 e. The highest BCUT2D eigenvalue weighted by Gasteiger charge is 2.03. The molecular formula is C11H20O. The van der Waals surface area contributed by atoms with Crippen LogP contribution in [0.1, 0.15) is 40.5 Å². The largest absolute Gasteiger partial charge is 0.498 e. The van der Waals surface area contributed by atoms with Gasteiger partial charge in [-0.3, -0.25) is 0 Å². The molecule has 0 radical (unpaired) electrons. The number of hydrogen-bond donors (Lipinski definition) is 0. The van der Waals surface area contributed by atoms with Gasteiger partial charge in [0.25, 0.3) is 0 Å². The lowest BCUT2D eigenvalue weighted by molar-refractivity contribution is 0.215. The highest BCUT2D eigenvalue weighted by molar-refractivity contribution is 5.23. The normalized spacial score (nSPS) is 15.3. The third-order valence-corrected chi connectivity index (χ3v) is 1.66. The first kappa shape index (κ1) is 11.3. The molecule has 1 heteroatoms. The van der Waals surface area contributed by atoms with Crippen LogP contribution in [0.4, 0.5) is 0 Å². The Hall–Kier alpha value is -0.720. The maximum absolute atomic E-state index is 5.42. The van der Waals surface area contributed by atoms with Crippen LogP contribution in [0.5, 0.6) is 0 Å². The second-order valence-electron chi connectivity index (χ2n) is 2.48. The third-order valence-electron chi connectivity index (χ3n) is 1.66. The van der Waals surface area contributed by atoms with Crippen molar-refractivity contribution in [2.75, 3.05) is 6.61 Å². The molecule has 1 aliphatic carbocycles. The van der Waals surface area contributed by atoms with Crippen LogP contribution in [0.15, 0.2) is 23.5 Å². The van der Waals surface area contributed by atoms with Crippen molar-refractivity contribution in [1.29, 1.82) is 0 Å². The quantitative estimate of drug-likeness (QED) is 0.611. The molecule has 0 bridgehead atoms. The molecule has 1 aliphatic rings. The highest BCUT2D eigenvalue weighted by Crippen LogP contribution is 2.18. The van der Waals surface area contributed by atoms with E-state index in [4.69, 9.17) is 4.74 Å². The summed E-state index contributed by atoms with van der Waals surface area (Å²) in [5, 5.41) is 0.